The maximum Gasteiger partial charge on any atom is 0.337 e. The van der Waals surface area contributed by atoms with Gasteiger partial charge in [-0.25, -0.2) is 4.79 Å². The number of methoxy groups -OCH3 is 1. The molecule has 0 N–H and O–H groups in total. The van der Waals surface area contributed by atoms with E-state index in [1.807, 2.05) is 0 Å². The third-order valence-corrected chi connectivity index (χ3v) is 3.26. The molecule has 0 spiro atoms. The summed E-state index contributed by atoms with van der Waals surface area (Å²) in [5.41, 5.74) is -0.874. The minimum absolute atomic E-state index is 0.188. The first-order valence-corrected chi connectivity index (χ1v) is 5.65. The van der Waals surface area contributed by atoms with Crippen molar-refractivity contribution >= 4 is 17.6 Å². The fourth-order valence-electron chi connectivity index (χ4n) is 2.24. The summed E-state index contributed by atoms with van der Waals surface area (Å²) in [6, 6.07) is 4.37. The van der Waals surface area contributed by atoms with Gasteiger partial charge in [0.25, 0.3) is 11.0 Å². The molecule has 0 radical (unpaired) electrons. The summed E-state index contributed by atoms with van der Waals surface area (Å²) >= 11 is 0. The van der Waals surface area contributed by atoms with Crippen LogP contribution in [0, 0.1) is 10.1 Å². The molecule has 0 fully saturated rings. The normalized spacial score (nSPS) is 20.6. The third kappa shape index (κ3) is 1.85. The number of carbonyl (C=O) groups is 2. The number of anilines is 1. The largest absolute Gasteiger partial charge is 0.465 e. The predicted molar refractivity (Wildman–Crippen MR) is 66.6 cm³/mol. The number of hydrogen-bond acceptors (Lipinski definition) is 6. The van der Waals surface area contributed by atoms with Crippen LogP contribution in [0.3, 0.4) is 0 Å². The molecule has 2 rings (SSSR count). The Hall–Kier alpha value is -2.64. The molecule has 1 amide bonds. The van der Waals surface area contributed by atoms with Gasteiger partial charge in [-0.3, -0.25) is 9.63 Å². The molecule has 1 atom stereocenters. The van der Waals surface area contributed by atoms with Gasteiger partial charge >= 0.3 is 5.97 Å². The average molecular weight is 280 g/mol. The molecule has 1 aliphatic rings. The van der Waals surface area contributed by atoms with Crippen molar-refractivity contribution in [3.05, 3.63) is 39.4 Å². The summed E-state index contributed by atoms with van der Waals surface area (Å²) < 4.78 is 4.59. The molecule has 1 heterocycles. The fourth-order valence-corrected chi connectivity index (χ4v) is 2.24. The highest BCUT2D eigenvalue weighted by Crippen LogP contribution is 2.42. The Kier molecular flexibility index (Phi) is 3.09. The zero-order valence-electron chi connectivity index (χ0n) is 11.1. The molecule has 106 valence electrons. The minimum atomic E-state index is -1.77. The van der Waals surface area contributed by atoms with Crippen molar-refractivity contribution in [1.82, 2.24) is 0 Å². The van der Waals surface area contributed by atoms with Crippen LogP contribution in [-0.2, 0) is 20.0 Å². The zero-order chi connectivity index (χ0) is 15.1. The molecule has 0 saturated heterocycles. The number of likely N-dealkylation sites (N-methyl/N-ethyl adjacent to an activating group) is 1. The molecule has 0 aromatic heterocycles. The lowest BCUT2D eigenvalue weighted by Gasteiger charge is -2.20. The van der Waals surface area contributed by atoms with Crippen LogP contribution in [0.1, 0.15) is 22.8 Å². The quantitative estimate of drug-likeness (QED) is 0.463. The first-order valence-electron chi connectivity index (χ1n) is 5.65. The highest BCUT2D eigenvalue weighted by atomic mass is 17.0. The van der Waals surface area contributed by atoms with Gasteiger partial charge in [-0.1, -0.05) is 0 Å². The maximum absolute atomic E-state index is 12.2. The van der Waals surface area contributed by atoms with Gasteiger partial charge in [0, 0.05) is 18.3 Å². The van der Waals surface area contributed by atoms with Crippen molar-refractivity contribution in [2.24, 2.45) is 0 Å². The van der Waals surface area contributed by atoms with Crippen LogP contribution in [0.4, 0.5) is 5.69 Å². The van der Waals surface area contributed by atoms with E-state index in [9.17, 15) is 19.7 Å². The van der Waals surface area contributed by atoms with Crippen molar-refractivity contribution in [1.29, 1.82) is 0 Å². The van der Waals surface area contributed by atoms with Gasteiger partial charge in [0.05, 0.1) is 12.7 Å². The number of fused-ring (bicyclic) bond motifs is 1. The first kappa shape index (κ1) is 13.8. The van der Waals surface area contributed by atoms with Crippen molar-refractivity contribution in [2.75, 3.05) is 19.1 Å². The topological polar surface area (TPSA) is 99.0 Å². The monoisotopic (exact) mass is 280 g/mol. The summed E-state index contributed by atoms with van der Waals surface area (Å²) in [7, 11) is 2.70. The molecule has 1 unspecified atom stereocenters. The highest BCUT2D eigenvalue weighted by molar-refractivity contribution is 6.07. The van der Waals surface area contributed by atoms with E-state index >= 15 is 0 Å². The molecule has 1 aromatic rings. The molecule has 1 aliphatic heterocycles. The Balaban J connectivity index is 2.58. The number of amides is 1. The van der Waals surface area contributed by atoms with Crippen LogP contribution in [0.25, 0.3) is 0 Å². The van der Waals surface area contributed by atoms with Crippen LogP contribution in [0.5, 0.6) is 0 Å². The van der Waals surface area contributed by atoms with Crippen LogP contribution < -0.4 is 4.90 Å². The second-order valence-electron chi connectivity index (χ2n) is 4.44. The van der Waals surface area contributed by atoms with Crippen molar-refractivity contribution in [2.45, 2.75) is 12.5 Å². The number of ether oxygens (including phenoxy) is 1. The lowest BCUT2D eigenvalue weighted by atomic mass is 9.96. The van der Waals surface area contributed by atoms with Crippen molar-refractivity contribution in [3.63, 3.8) is 0 Å². The van der Waals surface area contributed by atoms with E-state index in [0.717, 1.165) is 0 Å². The number of rotatable bonds is 3. The summed E-state index contributed by atoms with van der Waals surface area (Å²) in [6.45, 7) is 1.29. The Bertz CT molecular complexity index is 614. The lowest BCUT2D eigenvalue weighted by Crippen LogP contribution is -2.39. The summed E-state index contributed by atoms with van der Waals surface area (Å²) in [6.07, 6.45) is 0. The van der Waals surface area contributed by atoms with Gasteiger partial charge in [0.2, 0.25) is 5.60 Å². The Morgan fingerprint density at radius 3 is 2.65 bits per heavy atom. The Morgan fingerprint density at radius 1 is 1.45 bits per heavy atom. The van der Waals surface area contributed by atoms with Crippen molar-refractivity contribution in [3.8, 4) is 0 Å². The molecule has 20 heavy (non-hydrogen) atoms. The van der Waals surface area contributed by atoms with E-state index in [2.05, 4.69) is 9.57 Å². The summed E-state index contributed by atoms with van der Waals surface area (Å²) in [5.74, 6) is -1.18. The first-order chi connectivity index (χ1) is 9.31. The van der Waals surface area contributed by atoms with Gasteiger partial charge in [-0.2, -0.15) is 0 Å². The molecule has 8 heteroatoms. The standard InChI is InChI=1S/C12H12N2O6/c1-12(20-14(17)18)8-6-7(10(15)19-3)4-5-9(8)13(2)11(12)16/h4-6H,1-3H3. The van der Waals surface area contributed by atoms with Gasteiger partial charge in [0.15, 0.2) is 0 Å². The molecule has 1 aromatic carbocycles. The summed E-state index contributed by atoms with van der Waals surface area (Å²) in [5, 5.41) is 9.60. The number of carbonyl (C=O) groups excluding carboxylic acids is 2. The second kappa shape index (κ2) is 4.48. The smallest absolute Gasteiger partial charge is 0.337 e. The predicted octanol–water partition coefficient (Wildman–Crippen LogP) is 0.873. The number of hydrogen-bond donors (Lipinski definition) is 0. The van der Waals surface area contributed by atoms with Gasteiger partial charge in [-0.05, 0) is 25.1 Å². The minimum Gasteiger partial charge on any atom is -0.465 e. The SMILES string of the molecule is COC(=O)c1ccc2c(c1)C(C)(O[N+](=O)[O-])C(=O)N2C. The number of benzene rings is 1. The number of esters is 1. The van der Waals surface area contributed by atoms with Gasteiger partial charge < -0.3 is 9.64 Å². The zero-order valence-corrected chi connectivity index (χ0v) is 11.1. The van der Waals surface area contributed by atoms with E-state index in [1.165, 1.54) is 44.2 Å². The van der Waals surface area contributed by atoms with E-state index in [1.54, 1.807) is 0 Å². The van der Waals surface area contributed by atoms with Crippen molar-refractivity contribution < 1.29 is 24.3 Å². The summed E-state index contributed by atoms with van der Waals surface area (Å²) in [4.78, 5) is 40.1. The Labute approximate surface area is 114 Å². The fraction of sp³-hybridized carbons (Fsp3) is 0.333. The van der Waals surface area contributed by atoms with Gasteiger partial charge in [0.1, 0.15) is 0 Å². The number of nitrogens with zero attached hydrogens (tertiary/aromatic N) is 2. The highest BCUT2D eigenvalue weighted by Gasteiger charge is 2.50. The van der Waals surface area contributed by atoms with E-state index in [4.69, 9.17) is 0 Å². The molecular weight excluding hydrogens is 268 g/mol. The van der Waals surface area contributed by atoms with Gasteiger partial charge in [-0.15, -0.1) is 10.1 Å². The average Bonchev–Trinajstić information content (AvgIpc) is 2.59. The third-order valence-electron chi connectivity index (χ3n) is 3.26. The van der Waals surface area contributed by atoms with Crippen LogP contribution in [-0.4, -0.2) is 31.1 Å². The molecular formula is C12H12N2O6. The molecule has 0 bridgehead atoms. The van der Waals surface area contributed by atoms with Crippen LogP contribution in [0.2, 0.25) is 0 Å². The second-order valence-corrected chi connectivity index (χ2v) is 4.44. The molecule has 8 nitrogen and oxygen atoms in total. The lowest BCUT2D eigenvalue weighted by molar-refractivity contribution is -0.778. The Morgan fingerprint density at radius 2 is 2.10 bits per heavy atom. The van der Waals surface area contributed by atoms with E-state index < -0.39 is 22.6 Å². The molecule has 0 saturated carbocycles. The maximum atomic E-state index is 12.2. The van der Waals surface area contributed by atoms with E-state index in [-0.39, 0.29) is 11.1 Å². The van der Waals surface area contributed by atoms with E-state index in [0.29, 0.717) is 5.69 Å². The van der Waals surface area contributed by atoms with Crippen LogP contribution >= 0.6 is 0 Å². The molecule has 0 aliphatic carbocycles. The van der Waals surface area contributed by atoms with Crippen LogP contribution in [0.15, 0.2) is 18.2 Å².